The van der Waals surface area contributed by atoms with Crippen molar-refractivity contribution in [3.05, 3.63) is 32.8 Å². The molecule has 0 aliphatic carbocycles. The highest BCUT2D eigenvalue weighted by atomic mass is 79.9. The number of nitro groups is 1. The third kappa shape index (κ3) is 2.90. The minimum absolute atomic E-state index is 0.0600. The fourth-order valence-corrected chi connectivity index (χ4v) is 2.60. The number of halogens is 1. The Bertz CT molecular complexity index is 537. The number of nitriles is 1. The lowest BCUT2D eigenvalue weighted by atomic mass is 10.2. The maximum Gasteiger partial charge on any atom is 0.286 e. The van der Waals surface area contributed by atoms with Crippen LogP contribution in [0.25, 0.3) is 0 Å². The SMILES string of the molecule is CC(C)(C#N)S(=O)c1ccc(Br)cc1[N+](=O)[O-]. The summed E-state index contributed by atoms with van der Waals surface area (Å²) in [7, 11) is -1.76. The number of nitrogens with zero attached hydrogens (tertiary/aromatic N) is 2. The molecule has 1 unspecified atom stereocenters. The van der Waals surface area contributed by atoms with Crippen LogP contribution in [-0.2, 0) is 10.8 Å². The topological polar surface area (TPSA) is 84.0 Å². The van der Waals surface area contributed by atoms with Crippen molar-refractivity contribution in [3.63, 3.8) is 0 Å². The van der Waals surface area contributed by atoms with E-state index in [2.05, 4.69) is 15.9 Å². The van der Waals surface area contributed by atoms with Gasteiger partial charge in [-0.1, -0.05) is 15.9 Å². The Morgan fingerprint density at radius 2 is 2.12 bits per heavy atom. The van der Waals surface area contributed by atoms with Gasteiger partial charge in [0.15, 0.2) is 0 Å². The van der Waals surface area contributed by atoms with Gasteiger partial charge in [0, 0.05) is 10.5 Å². The van der Waals surface area contributed by atoms with Crippen LogP contribution in [0.1, 0.15) is 13.8 Å². The fourth-order valence-electron chi connectivity index (χ4n) is 1.11. The number of rotatable bonds is 3. The van der Waals surface area contributed by atoms with Gasteiger partial charge in [-0.05, 0) is 26.0 Å². The molecule has 0 saturated heterocycles. The van der Waals surface area contributed by atoms with Gasteiger partial charge >= 0.3 is 0 Å². The first-order valence-corrected chi connectivity index (χ1v) is 6.51. The molecule has 0 saturated carbocycles. The molecule has 7 heteroatoms. The standard InChI is InChI=1S/C10H9BrN2O3S/c1-10(2,6-12)17(16)9-4-3-7(11)5-8(9)13(14)15/h3-5H,1-2H3. The van der Waals surface area contributed by atoms with Crippen molar-refractivity contribution in [1.29, 1.82) is 5.26 Å². The Morgan fingerprint density at radius 3 is 2.59 bits per heavy atom. The molecule has 0 N–H and O–H groups in total. The number of hydrogen-bond acceptors (Lipinski definition) is 4. The predicted molar refractivity (Wildman–Crippen MR) is 66.9 cm³/mol. The first kappa shape index (κ1) is 13.8. The van der Waals surface area contributed by atoms with E-state index < -0.39 is 20.5 Å². The van der Waals surface area contributed by atoms with Crippen LogP contribution in [-0.4, -0.2) is 13.9 Å². The lowest BCUT2D eigenvalue weighted by Crippen LogP contribution is -2.24. The van der Waals surface area contributed by atoms with Gasteiger partial charge in [-0.3, -0.25) is 14.3 Å². The molecule has 0 spiro atoms. The average Bonchev–Trinajstić information content (AvgIpc) is 2.28. The molecule has 1 atom stereocenters. The molecule has 1 aromatic carbocycles. The van der Waals surface area contributed by atoms with Crippen molar-refractivity contribution >= 4 is 32.4 Å². The molecule has 0 bridgehead atoms. The van der Waals surface area contributed by atoms with Crippen LogP contribution >= 0.6 is 15.9 Å². The summed E-state index contributed by atoms with van der Waals surface area (Å²) in [5, 5.41) is 19.7. The van der Waals surface area contributed by atoms with E-state index in [1.807, 2.05) is 6.07 Å². The second kappa shape index (κ2) is 4.94. The maximum atomic E-state index is 12.1. The Kier molecular flexibility index (Phi) is 4.01. The molecule has 0 radical (unpaired) electrons. The molecule has 0 amide bonds. The van der Waals surface area contributed by atoms with Gasteiger partial charge in [0.1, 0.15) is 9.64 Å². The predicted octanol–water partition coefficient (Wildman–Crippen LogP) is 2.77. The summed E-state index contributed by atoms with van der Waals surface area (Å²) >= 11 is 3.11. The van der Waals surface area contributed by atoms with Crippen molar-refractivity contribution in [2.75, 3.05) is 0 Å². The minimum atomic E-state index is -1.76. The van der Waals surface area contributed by atoms with Gasteiger partial charge in [0.25, 0.3) is 5.69 Å². The third-order valence-corrected chi connectivity index (χ3v) is 4.31. The highest BCUT2D eigenvalue weighted by Gasteiger charge is 2.32. The monoisotopic (exact) mass is 316 g/mol. The molecule has 1 rings (SSSR count). The van der Waals surface area contributed by atoms with E-state index in [-0.39, 0.29) is 10.6 Å². The van der Waals surface area contributed by atoms with Crippen LogP contribution in [0.15, 0.2) is 27.6 Å². The third-order valence-electron chi connectivity index (χ3n) is 2.05. The van der Waals surface area contributed by atoms with Crippen molar-refractivity contribution < 1.29 is 9.13 Å². The summed E-state index contributed by atoms with van der Waals surface area (Å²) in [5.41, 5.74) is -0.249. The average molecular weight is 317 g/mol. The summed E-state index contributed by atoms with van der Waals surface area (Å²) in [6.45, 7) is 2.96. The molecule has 0 fully saturated rings. The largest absolute Gasteiger partial charge is 0.286 e. The first-order valence-electron chi connectivity index (χ1n) is 4.56. The summed E-state index contributed by atoms with van der Waals surface area (Å²) in [6, 6.07) is 6.13. The number of hydrogen-bond donors (Lipinski definition) is 0. The molecule has 0 aliphatic rings. The van der Waals surface area contributed by atoms with Gasteiger partial charge < -0.3 is 0 Å². The Labute approximate surface area is 109 Å². The highest BCUT2D eigenvalue weighted by Crippen LogP contribution is 2.30. The second-order valence-corrected chi connectivity index (χ2v) is 6.67. The fraction of sp³-hybridized carbons (Fsp3) is 0.300. The van der Waals surface area contributed by atoms with E-state index in [0.29, 0.717) is 4.47 Å². The van der Waals surface area contributed by atoms with Crippen LogP contribution in [0.4, 0.5) is 5.69 Å². The van der Waals surface area contributed by atoms with E-state index in [1.165, 1.54) is 26.0 Å². The highest BCUT2D eigenvalue weighted by molar-refractivity contribution is 9.10. The van der Waals surface area contributed by atoms with Crippen molar-refractivity contribution in [2.45, 2.75) is 23.5 Å². The smallest absolute Gasteiger partial charge is 0.258 e. The van der Waals surface area contributed by atoms with Gasteiger partial charge in [0.05, 0.1) is 21.8 Å². The summed E-state index contributed by atoms with van der Waals surface area (Å²) in [6.07, 6.45) is 0. The number of nitro benzene ring substituents is 1. The molecule has 5 nitrogen and oxygen atoms in total. The Hall–Kier alpha value is -1.26. The van der Waals surface area contributed by atoms with Crippen molar-refractivity contribution in [2.24, 2.45) is 0 Å². The van der Waals surface area contributed by atoms with E-state index >= 15 is 0 Å². The molecule has 17 heavy (non-hydrogen) atoms. The minimum Gasteiger partial charge on any atom is -0.258 e. The zero-order chi connectivity index (χ0) is 13.2. The van der Waals surface area contributed by atoms with Crippen molar-refractivity contribution in [3.8, 4) is 6.07 Å². The normalized spacial score (nSPS) is 12.8. The van der Waals surface area contributed by atoms with Crippen LogP contribution < -0.4 is 0 Å². The van der Waals surface area contributed by atoms with Crippen LogP contribution in [0.3, 0.4) is 0 Å². The van der Waals surface area contributed by atoms with Crippen LogP contribution in [0.2, 0.25) is 0 Å². The summed E-state index contributed by atoms with van der Waals surface area (Å²) in [4.78, 5) is 10.3. The van der Waals surface area contributed by atoms with E-state index in [9.17, 15) is 14.3 Å². The van der Waals surface area contributed by atoms with Gasteiger partial charge in [-0.25, -0.2) is 0 Å². The molecule has 90 valence electrons. The molecular weight excluding hydrogens is 308 g/mol. The zero-order valence-corrected chi connectivity index (χ0v) is 11.5. The molecule has 1 aromatic rings. The van der Waals surface area contributed by atoms with Crippen LogP contribution in [0.5, 0.6) is 0 Å². The molecule has 0 heterocycles. The zero-order valence-electron chi connectivity index (χ0n) is 9.14. The lowest BCUT2D eigenvalue weighted by molar-refractivity contribution is -0.387. The number of benzene rings is 1. The van der Waals surface area contributed by atoms with E-state index in [1.54, 1.807) is 6.07 Å². The Morgan fingerprint density at radius 1 is 1.53 bits per heavy atom. The second-order valence-electron chi connectivity index (χ2n) is 3.76. The Balaban J connectivity index is 3.38. The first-order chi connectivity index (χ1) is 7.79. The van der Waals surface area contributed by atoms with Crippen molar-refractivity contribution in [1.82, 2.24) is 0 Å². The quantitative estimate of drug-likeness (QED) is 0.634. The molecular formula is C10H9BrN2O3S. The maximum absolute atomic E-state index is 12.1. The molecule has 0 aliphatic heterocycles. The lowest BCUT2D eigenvalue weighted by Gasteiger charge is -2.14. The van der Waals surface area contributed by atoms with E-state index in [4.69, 9.17) is 5.26 Å². The van der Waals surface area contributed by atoms with Gasteiger partial charge in [-0.15, -0.1) is 0 Å². The molecule has 0 aromatic heterocycles. The van der Waals surface area contributed by atoms with E-state index in [0.717, 1.165) is 0 Å². The summed E-state index contributed by atoms with van der Waals surface area (Å²) < 4.78 is 11.5. The summed E-state index contributed by atoms with van der Waals surface area (Å²) in [5.74, 6) is 0. The van der Waals surface area contributed by atoms with Gasteiger partial charge in [-0.2, -0.15) is 5.26 Å². The van der Waals surface area contributed by atoms with Crippen LogP contribution in [0, 0.1) is 21.4 Å². The van der Waals surface area contributed by atoms with Gasteiger partial charge in [0.2, 0.25) is 0 Å².